The van der Waals surface area contributed by atoms with Crippen LogP contribution in [0.5, 0.6) is 5.75 Å². The van der Waals surface area contributed by atoms with Gasteiger partial charge in [0.25, 0.3) is 0 Å². The van der Waals surface area contributed by atoms with E-state index in [9.17, 15) is 18.0 Å². The molecule has 22 heavy (non-hydrogen) atoms. The number of amides is 1. The lowest BCUT2D eigenvalue weighted by molar-refractivity contribution is -0.153. The number of ether oxygens (including phenoxy) is 2. The Morgan fingerprint density at radius 2 is 2.09 bits per heavy atom. The molecule has 1 aliphatic heterocycles. The first kappa shape index (κ1) is 16.6. The molecule has 0 saturated carbocycles. The Balaban J connectivity index is 1.79. The van der Waals surface area contributed by atoms with Crippen LogP contribution in [0.1, 0.15) is 6.42 Å². The van der Waals surface area contributed by atoms with Crippen molar-refractivity contribution in [2.75, 3.05) is 31.6 Å². The zero-order chi connectivity index (χ0) is 16.0. The zero-order valence-electron chi connectivity index (χ0n) is 11.8. The maximum atomic E-state index is 12.0. The second-order valence-corrected chi connectivity index (χ2v) is 4.88. The molecule has 1 fully saturated rings. The van der Waals surface area contributed by atoms with Gasteiger partial charge >= 0.3 is 6.18 Å². The standard InChI is InChI=1S/C14H17F3N2O3/c15-14(16,17)9-22-11-3-1-10(2-4-11)19-13(20)7-12-8-18-5-6-21-12/h1-4,12,18H,5-9H2,(H,19,20). The van der Waals surface area contributed by atoms with Crippen molar-refractivity contribution in [3.05, 3.63) is 24.3 Å². The molecule has 1 atom stereocenters. The van der Waals surface area contributed by atoms with Crippen molar-refractivity contribution in [1.29, 1.82) is 0 Å². The maximum Gasteiger partial charge on any atom is 0.422 e. The zero-order valence-corrected chi connectivity index (χ0v) is 11.8. The van der Waals surface area contributed by atoms with Crippen LogP contribution in [0.25, 0.3) is 0 Å². The molecule has 0 aliphatic carbocycles. The van der Waals surface area contributed by atoms with Gasteiger partial charge in [-0.25, -0.2) is 0 Å². The van der Waals surface area contributed by atoms with Crippen molar-refractivity contribution >= 4 is 11.6 Å². The van der Waals surface area contributed by atoms with Crippen LogP contribution in [0.3, 0.4) is 0 Å². The first-order valence-corrected chi connectivity index (χ1v) is 6.84. The Morgan fingerprint density at radius 1 is 1.36 bits per heavy atom. The summed E-state index contributed by atoms with van der Waals surface area (Å²) in [6.45, 7) is 0.628. The summed E-state index contributed by atoms with van der Waals surface area (Å²) in [6.07, 6.45) is -4.32. The van der Waals surface area contributed by atoms with E-state index < -0.39 is 12.8 Å². The van der Waals surface area contributed by atoms with Gasteiger partial charge in [0.1, 0.15) is 5.75 Å². The summed E-state index contributed by atoms with van der Waals surface area (Å²) in [5.41, 5.74) is 0.494. The van der Waals surface area contributed by atoms with E-state index in [1.54, 1.807) is 0 Å². The van der Waals surface area contributed by atoms with E-state index in [4.69, 9.17) is 4.74 Å². The quantitative estimate of drug-likeness (QED) is 0.871. The fourth-order valence-corrected chi connectivity index (χ4v) is 1.97. The van der Waals surface area contributed by atoms with Gasteiger partial charge in [0.05, 0.1) is 19.1 Å². The number of anilines is 1. The SMILES string of the molecule is O=C(CC1CNCCO1)Nc1ccc(OCC(F)(F)F)cc1. The molecule has 0 radical (unpaired) electrons. The first-order chi connectivity index (χ1) is 10.4. The summed E-state index contributed by atoms with van der Waals surface area (Å²) < 4.78 is 46.1. The van der Waals surface area contributed by atoms with Crippen LogP contribution in [0, 0.1) is 0 Å². The van der Waals surface area contributed by atoms with Gasteiger partial charge in [-0.3, -0.25) is 4.79 Å². The molecule has 1 heterocycles. The summed E-state index contributed by atoms with van der Waals surface area (Å²) in [5.74, 6) is -0.118. The van der Waals surface area contributed by atoms with E-state index in [2.05, 4.69) is 15.4 Å². The molecule has 2 N–H and O–H groups in total. The minimum Gasteiger partial charge on any atom is -0.484 e. The van der Waals surface area contributed by atoms with Crippen molar-refractivity contribution in [1.82, 2.24) is 5.32 Å². The first-order valence-electron chi connectivity index (χ1n) is 6.84. The van der Waals surface area contributed by atoms with E-state index in [1.165, 1.54) is 24.3 Å². The molecular formula is C14H17F3N2O3. The fraction of sp³-hybridized carbons (Fsp3) is 0.500. The van der Waals surface area contributed by atoms with Gasteiger partial charge in [-0.15, -0.1) is 0 Å². The second-order valence-electron chi connectivity index (χ2n) is 4.88. The van der Waals surface area contributed by atoms with E-state index in [0.717, 1.165) is 6.54 Å². The molecule has 1 aromatic carbocycles. The van der Waals surface area contributed by atoms with Crippen LogP contribution in [-0.4, -0.2) is 44.5 Å². The number of morpholine rings is 1. The second kappa shape index (κ2) is 7.46. The molecule has 1 unspecified atom stereocenters. The highest BCUT2D eigenvalue weighted by Crippen LogP contribution is 2.20. The Labute approximate surface area is 125 Å². The minimum atomic E-state index is -4.37. The minimum absolute atomic E-state index is 0.0927. The molecule has 5 nitrogen and oxygen atoms in total. The molecular weight excluding hydrogens is 301 g/mol. The van der Waals surface area contributed by atoms with E-state index in [-0.39, 0.29) is 24.2 Å². The third-order valence-corrected chi connectivity index (χ3v) is 2.96. The molecule has 2 rings (SSSR count). The summed E-state index contributed by atoms with van der Waals surface area (Å²) in [4.78, 5) is 11.8. The van der Waals surface area contributed by atoms with E-state index in [1.807, 2.05) is 0 Å². The van der Waals surface area contributed by atoms with Crippen LogP contribution in [0.2, 0.25) is 0 Å². The number of nitrogens with one attached hydrogen (secondary N) is 2. The molecule has 0 spiro atoms. The number of carbonyl (C=O) groups is 1. The summed E-state index contributed by atoms with van der Waals surface area (Å²) >= 11 is 0. The summed E-state index contributed by atoms with van der Waals surface area (Å²) in [7, 11) is 0. The number of hydrogen-bond donors (Lipinski definition) is 2. The number of benzene rings is 1. The van der Waals surface area contributed by atoms with Crippen molar-refractivity contribution in [3.63, 3.8) is 0 Å². The van der Waals surface area contributed by atoms with Gasteiger partial charge in [-0.1, -0.05) is 0 Å². The molecule has 0 bridgehead atoms. The Bertz CT molecular complexity index is 485. The van der Waals surface area contributed by atoms with Gasteiger partial charge in [-0.2, -0.15) is 13.2 Å². The van der Waals surface area contributed by atoms with Crippen LogP contribution >= 0.6 is 0 Å². The lowest BCUT2D eigenvalue weighted by Crippen LogP contribution is -2.40. The average molecular weight is 318 g/mol. The van der Waals surface area contributed by atoms with Gasteiger partial charge in [0, 0.05) is 18.8 Å². The highest BCUT2D eigenvalue weighted by atomic mass is 19.4. The van der Waals surface area contributed by atoms with E-state index in [0.29, 0.717) is 18.8 Å². The molecule has 1 amide bonds. The van der Waals surface area contributed by atoms with Gasteiger partial charge in [0.2, 0.25) is 5.91 Å². The molecule has 1 saturated heterocycles. The lowest BCUT2D eigenvalue weighted by atomic mass is 10.2. The molecule has 1 aliphatic rings. The van der Waals surface area contributed by atoms with Crippen molar-refractivity contribution in [2.45, 2.75) is 18.7 Å². The number of carbonyl (C=O) groups excluding carboxylic acids is 1. The van der Waals surface area contributed by atoms with Gasteiger partial charge in [0.15, 0.2) is 6.61 Å². The van der Waals surface area contributed by atoms with Crippen molar-refractivity contribution in [2.24, 2.45) is 0 Å². The monoisotopic (exact) mass is 318 g/mol. The number of hydrogen-bond acceptors (Lipinski definition) is 4. The Hall–Kier alpha value is -1.80. The van der Waals surface area contributed by atoms with Crippen LogP contribution < -0.4 is 15.4 Å². The molecule has 0 aromatic heterocycles. The van der Waals surface area contributed by atoms with Crippen LogP contribution in [0.15, 0.2) is 24.3 Å². The summed E-state index contributed by atoms with van der Waals surface area (Å²) in [6, 6.07) is 5.73. The average Bonchev–Trinajstić information content (AvgIpc) is 2.47. The topological polar surface area (TPSA) is 59.6 Å². The maximum absolute atomic E-state index is 12.0. The Kier molecular flexibility index (Phi) is 5.62. The summed E-state index contributed by atoms with van der Waals surface area (Å²) in [5, 5.41) is 5.79. The predicted octanol–water partition coefficient (Wildman–Crippen LogP) is 1.94. The molecule has 1 aromatic rings. The predicted molar refractivity (Wildman–Crippen MR) is 73.8 cm³/mol. The van der Waals surface area contributed by atoms with Gasteiger partial charge in [-0.05, 0) is 24.3 Å². The number of alkyl halides is 3. The fourth-order valence-electron chi connectivity index (χ4n) is 1.97. The largest absolute Gasteiger partial charge is 0.484 e. The smallest absolute Gasteiger partial charge is 0.422 e. The number of halogens is 3. The lowest BCUT2D eigenvalue weighted by Gasteiger charge is -2.23. The highest BCUT2D eigenvalue weighted by Gasteiger charge is 2.28. The van der Waals surface area contributed by atoms with Crippen molar-refractivity contribution < 1.29 is 27.4 Å². The Morgan fingerprint density at radius 3 is 2.68 bits per heavy atom. The third-order valence-electron chi connectivity index (χ3n) is 2.96. The number of rotatable bonds is 5. The molecule has 8 heteroatoms. The van der Waals surface area contributed by atoms with Crippen LogP contribution in [0.4, 0.5) is 18.9 Å². The normalized spacial score (nSPS) is 18.8. The van der Waals surface area contributed by atoms with E-state index >= 15 is 0 Å². The van der Waals surface area contributed by atoms with Crippen molar-refractivity contribution in [3.8, 4) is 5.75 Å². The third kappa shape index (κ3) is 5.90. The van der Waals surface area contributed by atoms with Gasteiger partial charge < -0.3 is 20.1 Å². The molecule has 122 valence electrons. The van der Waals surface area contributed by atoms with Crippen LogP contribution in [-0.2, 0) is 9.53 Å². The highest BCUT2D eigenvalue weighted by molar-refractivity contribution is 5.91.